The van der Waals surface area contributed by atoms with Gasteiger partial charge in [-0.1, -0.05) is 42.7 Å². The Hall–Kier alpha value is -2.45. The molecule has 1 heterocycles. The van der Waals surface area contributed by atoms with Crippen molar-refractivity contribution < 1.29 is 12.8 Å². The Labute approximate surface area is 199 Å². The van der Waals surface area contributed by atoms with Gasteiger partial charge < -0.3 is 5.32 Å². The number of anilines is 2. The van der Waals surface area contributed by atoms with Gasteiger partial charge in [0.2, 0.25) is 0 Å². The summed E-state index contributed by atoms with van der Waals surface area (Å²) in [5.74, 6) is 0.327. The molecular formula is C25H30FN3O2S2. The third-order valence-corrected chi connectivity index (χ3v) is 8.90. The van der Waals surface area contributed by atoms with Crippen LogP contribution in [0.4, 0.5) is 15.2 Å². The van der Waals surface area contributed by atoms with Crippen LogP contribution in [0.2, 0.25) is 0 Å². The van der Waals surface area contributed by atoms with Gasteiger partial charge in [-0.15, -0.1) is 0 Å². The number of hydrogen-bond donors (Lipinski definition) is 2. The van der Waals surface area contributed by atoms with Crippen LogP contribution in [0.5, 0.6) is 0 Å². The number of nitrogens with zero attached hydrogens (tertiary/aromatic N) is 1. The fourth-order valence-electron chi connectivity index (χ4n) is 4.31. The SMILES string of the molecule is Cc1cc(NS(=O)(=O)c2cc(-c3sc(NCC4CCCCC4)nc3C)ccc2C)ccc1F. The third kappa shape index (κ3) is 5.55. The average molecular weight is 488 g/mol. The second-order valence-electron chi connectivity index (χ2n) is 8.87. The fraction of sp³-hybridized carbons (Fsp3) is 0.400. The zero-order valence-corrected chi connectivity index (χ0v) is 20.9. The Morgan fingerprint density at radius 3 is 2.52 bits per heavy atom. The molecule has 0 atom stereocenters. The van der Waals surface area contributed by atoms with E-state index in [-0.39, 0.29) is 10.7 Å². The van der Waals surface area contributed by atoms with Gasteiger partial charge in [-0.05, 0) is 80.5 Å². The van der Waals surface area contributed by atoms with Crippen LogP contribution < -0.4 is 10.0 Å². The molecule has 1 aliphatic carbocycles. The highest BCUT2D eigenvalue weighted by Crippen LogP contribution is 2.35. The molecular weight excluding hydrogens is 457 g/mol. The van der Waals surface area contributed by atoms with E-state index >= 15 is 0 Å². The van der Waals surface area contributed by atoms with E-state index in [4.69, 9.17) is 0 Å². The molecule has 0 spiro atoms. The number of benzene rings is 2. The minimum absolute atomic E-state index is 0.200. The maximum absolute atomic E-state index is 13.6. The van der Waals surface area contributed by atoms with E-state index in [9.17, 15) is 12.8 Å². The molecule has 1 saturated carbocycles. The molecule has 1 fully saturated rings. The van der Waals surface area contributed by atoms with Crippen molar-refractivity contribution >= 4 is 32.2 Å². The Morgan fingerprint density at radius 2 is 1.79 bits per heavy atom. The zero-order chi connectivity index (χ0) is 23.6. The van der Waals surface area contributed by atoms with Gasteiger partial charge in [-0.3, -0.25) is 4.72 Å². The summed E-state index contributed by atoms with van der Waals surface area (Å²) in [7, 11) is -3.84. The first-order chi connectivity index (χ1) is 15.7. The molecule has 5 nitrogen and oxygen atoms in total. The number of hydrogen-bond acceptors (Lipinski definition) is 5. The Morgan fingerprint density at radius 1 is 1.03 bits per heavy atom. The first-order valence-corrected chi connectivity index (χ1v) is 13.6. The molecule has 0 bridgehead atoms. The topological polar surface area (TPSA) is 71.1 Å². The molecule has 2 N–H and O–H groups in total. The second kappa shape index (κ2) is 9.81. The molecule has 176 valence electrons. The summed E-state index contributed by atoms with van der Waals surface area (Å²) in [5.41, 5.74) is 3.05. The maximum atomic E-state index is 13.6. The van der Waals surface area contributed by atoms with Crippen LogP contribution in [0.3, 0.4) is 0 Å². The van der Waals surface area contributed by atoms with Crippen molar-refractivity contribution in [2.24, 2.45) is 5.92 Å². The van der Waals surface area contributed by atoms with Crippen molar-refractivity contribution in [2.45, 2.75) is 57.8 Å². The molecule has 33 heavy (non-hydrogen) atoms. The summed E-state index contributed by atoms with van der Waals surface area (Å²) in [6.45, 7) is 6.25. The van der Waals surface area contributed by atoms with Crippen molar-refractivity contribution in [1.29, 1.82) is 0 Å². The first-order valence-electron chi connectivity index (χ1n) is 11.3. The summed E-state index contributed by atoms with van der Waals surface area (Å²) in [6.07, 6.45) is 6.49. The lowest BCUT2D eigenvalue weighted by atomic mass is 9.89. The molecule has 0 unspecified atom stereocenters. The minimum Gasteiger partial charge on any atom is -0.361 e. The normalized spacial score (nSPS) is 14.9. The number of aromatic nitrogens is 1. The Kier molecular flexibility index (Phi) is 7.05. The summed E-state index contributed by atoms with van der Waals surface area (Å²) >= 11 is 1.55. The number of halogens is 1. The van der Waals surface area contributed by atoms with Gasteiger partial charge >= 0.3 is 0 Å². The van der Waals surface area contributed by atoms with E-state index in [0.29, 0.717) is 22.7 Å². The van der Waals surface area contributed by atoms with Crippen LogP contribution in [0.1, 0.15) is 48.9 Å². The van der Waals surface area contributed by atoms with E-state index in [0.717, 1.165) is 27.8 Å². The number of aryl methyl sites for hydroxylation is 3. The van der Waals surface area contributed by atoms with E-state index in [2.05, 4.69) is 15.0 Å². The van der Waals surface area contributed by atoms with Crippen LogP contribution in [0.15, 0.2) is 41.3 Å². The fourth-order valence-corrected chi connectivity index (χ4v) is 6.60. The van der Waals surface area contributed by atoms with Crippen molar-refractivity contribution in [3.8, 4) is 10.4 Å². The van der Waals surface area contributed by atoms with Gasteiger partial charge in [0, 0.05) is 12.2 Å². The minimum atomic E-state index is -3.84. The number of sulfonamides is 1. The molecule has 3 aromatic rings. The molecule has 4 rings (SSSR count). The lowest BCUT2D eigenvalue weighted by Gasteiger charge is -2.21. The van der Waals surface area contributed by atoms with Gasteiger partial charge in [-0.2, -0.15) is 0 Å². The van der Waals surface area contributed by atoms with E-state index in [1.165, 1.54) is 50.3 Å². The molecule has 0 saturated heterocycles. The molecule has 0 radical (unpaired) electrons. The smallest absolute Gasteiger partial charge is 0.262 e. The van der Waals surface area contributed by atoms with Crippen LogP contribution in [-0.4, -0.2) is 19.9 Å². The van der Waals surface area contributed by atoms with Crippen LogP contribution in [-0.2, 0) is 10.0 Å². The van der Waals surface area contributed by atoms with Gasteiger partial charge in [0.05, 0.1) is 15.5 Å². The summed E-state index contributed by atoms with van der Waals surface area (Å²) in [6, 6.07) is 9.62. The highest BCUT2D eigenvalue weighted by molar-refractivity contribution is 7.92. The van der Waals surface area contributed by atoms with Crippen LogP contribution in [0, 0.1) is 32.5 Å². The van der Waals surface area contributed by atoms with Gasteiger partial charge in [0.1, 0.15) is 5.82 Å². The standard InChI is InChI=1S/C25H30FN3O2S2/c1-16-9-10-20(14-23(16)33(30,31)29-21-11-12-22(26)17(2)13-21)24-18(3)28-25(32-24)27-15-19-7-5-4-6-8-19/h9-14,19,29H,4-8,15H2,1-3H3,(H,27,28). The largest absolute Gasteiger partial charge is 0.361 e. The van der Waals surface area contributed by atoms with Crippen LogP contribution in [0.25, 0.3) is 10.4 Å². The monoisotopic (exact) mass is 487 g/mol. The molecule has 1 aromatic heterocycles. The summed E-state index contributed by atoms with van der Waals surface area (Å²) in [4.78, 5) is 5.83. The molecule has 0 aliphatic heterocycles. The highest BCUT2D eigenvalue weighted by Gasteiger charge is 2.20. The second-order valence-corrected chi connectivity index (χ2v) is 11.5. The van der Waals surface area contributed by atoms with Crippen molar-refractivity contribution in [1.82, 2.24) is 4.98 Å². The molecule has 1 aliphatic rings. The van der Waals surface area contributed by atoms with E-state index in [1.54, 1.807) is 31.3 Å². The van der Waals surface area contributed by atoms with E-state index < -0.39 is 10.0 Å². The zero-order valence-electron chi connectivity index (χ0n) is 19.2. The van der Waals surface area contributed by atoms with Crippen molar-refractivity contribution in [3.05, 3.63) is 59.0 Å². The highest BCUT2D eigenvalue weighted by atomic mass is 32.2. The Balaban J connectivity index is 1.56. The number of nitrogens with one attached hydrogen (secondary N) is 2. The number of thiazole rings is 1. The van der Waals surface area contributed by atoms with Crippen molar-refractivity contribution in [3.63, 3.8) is 0 Å². The summed E-state index contributed by atoms with van der Waals surface area (Å²) < 4.78 is 42.4. The first kappa shape index (κ1) is 23.7. The van der Waals surface area contributed by atoms with Crippen molar-refractivity contribution in [2.75, 3.05) is 16.6 Å². The lowest BCUT2D eigenvalue weighted by molar-refractivity contribution is 0.373. The number of rotatable bonds is 7. The van der Waals surface area contributed by atoms with E-state index in [1.807, 2.05) is 19.1 Å². The van der Waals surface area contributed by atoms with Crippen LogP contribution >= 0.6 is 11.3 Å². The average Bonchev–Trinajstić information content (AvgIpc) is 3.16. The maximum Gasteiger partial charge on any atom is 0.262 e. The predicted octanol–water partition coefficient (Wildman–Crippen LogP) is 6.67. The summed E-state index contributed by atoms with van der Waals surface area (Å²) in [5, 5.41) is 4.36. The quantitative estimate of drug-likeness (QED) is 0.391. The predicted molar refractivity (Wildman–Crippen MR) is 134 cm³/mol. The molecule has 0 amide bonds. The lowest BCUT2D eigenvalue weighted by Crippen LogP contribution is -2.16. The van der Waals surface area contributed by atoms with Gasteiger partial charge in [-0.25, -0.2) is 17.8 Å². The van der Waals surface area contributed by atoms with Gasteiger partial charge in [0.25, 0.3) is 10.0 Å². The van der Waals surface area contributed by atoms with Gasteiger partial charge in [0.15, 0.2) is 5.13 Å². The third-order valence-electron chi connectivity index (χ3n) is 6.21. The molecule has 8 heteroatoms. The molecule has 2 aromatic carbocycles. The Bertz CT molecular complexity index is 1250.